The van der Waals surface area contributed by atoms with E-state index in [1.807, 2.05) is 0 Å². The van der Waals surface area contributed by atoms with Gasteiger partial charge in [0.2, 0.25) is 0 Å². The molecule has 0 radical (unpaired) electrons. The molecule has 1 aliphatic rings. The lowest BCUT2D eigenvalue weighted by atomic mass is 10.1. The van der Waals surface area contributed by atoms with E-state index >= 15 is 0 Å². The fourth-order valence-electron chi connectivity index (χ4n) is 2.11. The Bertz CT molecular complexity index is 850. The van der Waals surface area contributed by atoms with Crippen molar-refractivity contribution in [2.24, 2.45) is 0 Å². The standard InChI is InChI=1S/C15H7F6NO3/c16-10-3-2-8(6-9(10)14(17,18)19)22-13(23)7-1-4-11-12(5-7)25-15(20,21)24-11/h1-6H,(H,22,23). The third-order valence-electron chi connectivity index (χ3n) is 3.19. The molecule has 0 aromatic heterocycles. The first-order valence-electron chi connectivity index (χ1n) is 6.63. The van der Waals surface area contributed by atoms with Crippen LogP contribution in [0.5, 0.6) is 11.5 Å². The second-order valence-corrected chi connectivity index (χ2v) is 4.98. The lowest BCUT2D eigenvalue weighted by Gasteiger charge is -2.11. The van der Waals surface area contributed by atoms with Gasteiger partial charge >= 0.3 is 12.5 Å². The molecule has 1 amide bonds. The van der Waals surface area contributed by atoms with Gasteiger partial charge in [-0.3, -0.25) is 4.79 Å². The summed E-state index contributed by atoms with van der Waals surface area (Å²) in [5.74, 6) is -3.08. The maximum atomic E-state index is 13.2. The number of carbonyl (C=O) groups excluding carboxylic acids is 1. The molecule has 2 aromatic carbocycles. The SMILES string of the molecule is O=C(Nc1ccc(F)c(C(F)(F)F)c1)c1ccc2c(c1)OC(F)(F)O2. The minimum Gasteiger partial charge on any atom is -0.395 e. The number of nitrogens with one attached hydrogen (secondary N) is 1. The number of carbonyl (C=O) groups is 1. The van der Waals surface area contributed by atoms with Crippen LogP contribution in [-0.4, -0.2) is 12.2 Å². The van der Waals surface area contributed by atoms with E-state index in [0.717, 1.165) is 24.3 Å². The topological polar surface area (TPSA) is 47.6 Å². The van der Waals surface area contributed by atoms with Gasteiger partial charge in [0, 0.05) is 11.3 Å². The predicted molar refractivity (Wildman–Crippen MR) is 72.0 cm³/mol. The smallest absolute Gasteiger partial charge is 0.395 e. The van der Waals surface area contributed by atoms with Gasteiger partial charge < -0.3 is 14.8 Å². The van der Waals surface area contributed by atoms with Gasteiger partial charge in [0.1, 0.15) is 5.82 Å². The third-order valence-corrected chi connectivity index (χ3v) is 3.19. The largest absolute Gasteiger partial charge is 0.586 e. The van der Waals surface area contributed by atoms with Gasteiger partial charge in [-0.2, -0.15) is 13.2 Å². The third kappa shape index (κ3) is 3.47. The second kappa shape index (κ2) is 5.57. The maximum absolute atomic E-state index is 13.2. The number of halogens is 6. The summed E-state index contributed by atoms with van der Waals surface area (Å²) in [6.45, 7) is 0. The molecule has 0 aliphatic carbocycles. The van der Waals surface area contributed by atoms with Crippen molar-refractivity contribution in [3.8, 4) is 11.5 Å². The number of benzene rings is 2. The van der Waals surface area contributed by atoms with E-state index in [9.17, 15) is 31.1 Å². The Hall–Kier alpha value is -2.91. The number of anilines is 1. The zero-order valence-corrected chi connectivity index (χ0v) is 12.0. The van der Waals surface area contributed by atoms with Gasteiger partial charge in [-0.05, 0) is 36.4 Å². The summed E-state index contributed by atoms with van der Waals surface area (Å²) in [5, 5.41) is 2.12. The van der Waals surface area contributed by atoms with Crippen molar-refractivity contribution in [2.45, 2.75) is 12.5 Å². The highest BCUT2D eigenvalue weighted by Gasteiger charge is 2.43. The van der Waals surface area contributed by atoms with Crippen molar-refractivity contribution < 1.29 is 40.6 Å². The van der Waals surface area contributed by atoms with Crippen LogP contribution in [0.15, 0.2) is 36.4 Å². The molecule has 1 N–H and O–H groups in total. The molecule has 0 atom stereocenters. The first-order chi connectivity index (χ1) is 11.5. The average molecular weight is 363 g/mol. The summed E-state index contributed by atoms with van der Waals surface area (Å²) >= 11 is 0. The van der Waals surface area contributed by atoms with Crippen LogP contribution in [0.2, 0.25) is 0 Å². The molecule has 132 valence electrons. The number of rotatable bonds is 2. The number of fused-ring (bicyclic) bond motifs is 1. The molecule has 2 aromatic rings. The van der Waals surface area contributed by atoms with E-state index in [0.29, 0.717) is 12.1 Å². The summed E-state index contributed by atoms with van der Waals surface area (Å²) in [5.41, 5.74) is -2.03. The van der Waals surface area contributed by atoms with Crippen molar-refractivity contribution in [2.75, 3.05) is 5.32 Å². The molecule has 3 rings (SSSR count). The number of amides is 1. The van der Waals surface area contributed by atoms with Gasteiger partial charge in [0.05, 0.1) is 5.56 Å². The summed E-state index contributed by atoms with van der Waals surface area (Å²) < 4.78 is 85.4. The summed E-state index contributed by atoms with van der Waals surface area (Å²) in [6.07, 6.45) is -8.80. The van der Waals surface area contributed by atoms with Crippen LogP contribution in [-0.2, 0) is 6.18 Å². The summed E-state index contributed by atoms with van der Waals surface area (Å²) in [4.78, 5) is 12.1. The Kier molecular flexibility index (Phi) is 3.77. The first-order valence-corrected chi connectivity index (χ1v) is 6.63. The molecular formula is C15H7F6NO3. The minimum atomic E-state index is -4.94. The van der Waals surface area contributed by atoms with E-state index < -0.39 is 35.5 Å². The van der Waals surface area contributed by atoms with E-state index in [4.69, 9.17) is 0 Å². The molecule has 0 fully saturated rings. The Labute approximate surface area is 136 Å². The number of alkyl halides is 5. The van der Waals surface area contributed by atoms with Gasteiger partial charge in [-0.1, -0.05) is 0 Å². The first kappa shape index (κ1) is 16.9. The lowest BCUT2D eigenvalue weighted by molar-refractivity contribution is -0.286. The average Bonchev–Trinajstić information content (AvgIpc) is 2.80. The van der Waals surface area contributed by atoms with Crippen LogP contribution in [0, 0.1) is 5.82 Å². The molecule has 0 saturated carbocycles. The van der Waals surface area contributed by atoms with Crippen molar-refractivity contribution in [3.63, 3.8) is 0 Å². The quantitative estimate of drug-likeness (QED) is 0.804. The molecule has 0 bridgehead atoms. The van der Waals surface area contributed by atoms with E-state index in [2.05, 4.69) is 14.8 Å². The molecule has 4 nitrogen and oxygen atoms in total. The lowest BCUT2D eigenvalue weighted by Crippen LogP contribution is -2.25. The van der Waals surface area contributed by atoms with Gasteiger partial charge in [0.25, 0.3) is 5.91 Å². The monoisotopic (exact) mass is 363 g/mol. The van der Waals surface area contributed by atoms with Crippen LogP contribution in [0.1, 0.15) is 15.9 Å². The predicted octanol–water partition coefficient (Wildman–Crippen LogP) is 4.42. The highest BCUT2D eigenvalue weighted by Crippen LogP contribution is 2.41. The van der Waals surface area contributed by atoms with Crippen molar-refractivity contribution >= 4 is 11.6 Å². The maximum Gasteiger partial charge on any atom is 0.586 e. The van der Waals surface area contributed by atoms with Crippen LogP contribution < -0.4 is 14.8 Å². The van der Waals surface area contributed by atoms with E-state index in [1.165, 1.54) is 0 Å². The fourth-order valence-corrected chi connectivity index (χ4v) is 2.11. The number of ether oxygens (including phenoxy) is 2. The van der Waals surface area contributed by atoms with Gasteiger partial charge in [0.15, 0.2) is 11.5 Å². The zero-order chi connectivity index (χ0) is 18.4. The van der Waals surface area contributed by atoms with Crippen LogP contribution >= 0.6 is 0 Å². The highest BCUT2D eigenvalue weighted by atomic mass is 19.4. The highest BCUT2D eigenvalue weighted by molar-refractivity contribution is 6.04. The normalized spacial score (nSPS) is 15.1. The molecule has 0 saturated heterocycles. The van der Waals surface area contributed by atoms with E-state index in [1.54, 1.807) is 0 Å². The molecule has 0 unspecified atom stereocenters. The Morgan fingerprint density at radius 2 is 1.68 bits per heavy atom. The van der Waals surface area contributed by atoms with Crippen LogP contribution in [0.3, 0.4) is 0 Å². The van der Waals surface area contributed by atoms with Crippen molar-refractivity contribution in [1.29, 1.82) is 0 Å². The fraction of sp³-hybridized carbons (Fsp3) is 0.133. The molecule has 1 heterocycles. The Morgan fingerprint density at radius 1 is 1.00 bits per heavy atom. The molecule has 0 spiro atoms. The van der Waals surface area contributed by atoms with Gasteiger partial charge in [-0.15, -0.1) is 8.78 Å². The number of hydrogen-bond acceptors (Lipinski definition) is 3. The molecule has 10 heteroatoms. The summed E-state index contributed by atoms with van der Waals surface area (Å²) in [7, 11) is 0. The second-order valence-electron chi connectivity index (χ2n) is 4.98. The molecular weight excluding hydrogens is 356 g/mol. The van der Waals surface area contributed by atoms with Gasteiger partial charge in [-0.25, -0.2) is 4.39 Å². The molecule has 25 heavy (non-hydrogen) atoms. The molecule has 1 aliphatic heterocycles. The minimum absolute atomic E-state index is 0.169. The van der Waals surface area contributed by atoms with Crippen LogP contribution in [0.4, 0.5) is 32.0 Å². The number of hydrogen-bond donors (Lipinski definition) is 1. The van der Waals surface area contributed by atoms with Crippen molar-refractivity contribution in [3.05, 3.63) is 53.3 Å². The summed E-state index contributed by atoms with van der Waals surface area (Å²) in [6, 6.07) is 5.03. The Balaban J connectivity index is 1.82. The van der Waals surface area contributed by atoms with E-state index in [-0.39, 0.29) is 17.0 Å². The van der Waals surface area contributed by atoms with Crippen LogP contribution in [0.25, 0.3) is 0 Å². The van der Waals surface area contributed by atoms with Crippen molar-refractivity contribution in [1.82, 2.24) is 0 Å². The zero-order valence-electron chi connectivity index (χ0n) is 12.0. The Morgan fingerprint density at radius 3 is 2.36 bits per heavy atom.